The highest BCUT2D eigenvalue weighted by atomic mass is 16.5. The third kappa shape index (κ3) is 3.09. The topological polar surface area (TPSA) is 83.5 Å². The Kier molecular flexibility index (Phi) is 4.23. The minimum absolute atomic E-state index is 0.0124. The summed E-state index contributed by atoms with van der Waals surface area (Å²) in [5, 5.41) is 9.11. The first kappa shape index (κ1) is 16.1. The average molecular weight is 347 g/mol. The number of hydrogen-bond acceptors (Lipinski definition) is 5. The van der Waals surface area contributed by atoms with Crippen molar-refractivity contribution in [1.82, 2.24) is 19.3 Å². The Hall–Kier alpha value is -3.40. The van der Waals surface area contributed by atoms with E-state index in [2.05, 4.69) is 9.97 Å². The molecule has 3 aromatic rings. The third-order valence-corrected chi connectivity index (χ3v) is 4.47. The SMILES string of the molecule is N#Cc1nccnc1O[C@H]1CCCN(C(=O)c2cc3ccccn3c2)C1. The van der Waals surface area contributed by atoms with Crippen LogP contribution in [-0.4, -0.2) is 44.4 Å². The van der Waals surface area contributed by atoms with Crippen LogP contribution < -0.4 is 4.74 Å². The summed E-state index contributed by atoms with van der Waals surface area (Å²) in [6.45, 7) is 1.16. The highest BCUT2D eigenvalue weighted by Crippen LogP contribution is 2.21. The Balaban J connectivity index is 1.49. The average Bonchev–Trinajstić information content (AvgIpc) is 3.12. The van der Waals surface area contributed by atoms with E-state index in [1.54, 1.807) is 4.90 Å². The monoisotopic (exact) mass is 347 g/mol. The lowest BCUT2D eigenvalue weighted by molar-refractivity contribution is 0.0526. The van der Waals surface area contributed by atoms with Crippen molar-refractivity contribution in [3.63, 3.8) is 0 Å². The van der Waals surface area contributed by atoms with Crippen LogP contribution in [0.5, 0.6) is 5.88 Å². The predicted octanol–water partition coefficient (Wildman–Crippen LogP) is 2.28. The van der Waals surface area contributed by atoms with Gasteiger partial charge < -0.3 is 14.0 Å². The summed E-state index contributed by atoms with van der Waals surface area (Å²) >= 11 is 0. The minimum atomic E-state index is -0.200. The number of ether oxygens (including phenoxy) is 1. The van der Waals surface area contributed by atoms with Crippen LogP contribution in [0.25, 0.3) is 5.52 Å². The maximum absolute atomic E-state index is 12.9. The van der Waals surface area contributed by atoms with Crippen LogP contribution in [0.4, 0.5) is 0 Å². The van der Waals surface area contributed by atoms with Gasteiger partial charge in [0.1, 0.15) is 12.2 Å². The van der Waals surface area contributed by atoms with Gasteiger partial charge in [0.2, 0.25) is 5.69 Å². The Bertz CT molecular complexity index is 958. The molecule has 0 radical (unpaired) electrons. The number of likely N-dealkylation sites (tertiary alicyclic amines) is 1. The maximum atomic E-state index is 12.9. The molecule has 1 atom stereocenters. The summed E-state index contributed by atoms with van der Waals surface area (Å²) in [6, 6.07) is 9.72. The number of hydrogen-bond donors (Lipinski definition) is 0. The number of carbonyl (C=O) groups excluding carboxylic acids is 1. The van der Waals surface area contributed by atoms with Crippen LogP contribution in [0, 0.1) is 11.3 Å². The first-order valence-electron chi connectivity index (χ1n) is 8.48. The fourth-order valence-corrected chi connectivity index (χ4v) is 3.22. The quantitative estimate of drug-likeness (QED) is 0.726. The van der Waals surface area contributed by atoms with Crippen LogP contribution in [0.15, 0.2) is 49.1 Å². The lowest BCUT2D eigenvalue weighted by Gasteiger charge is -2.32. The third-order valence-electron chi connectivity index (χ3n) is 4.47. The van der Waals surface area contributed by atoms with Gasteiger partial charge in [-0.05, 0) is 31.0 Å². The number of pyridine rings is 1. The van der Waals surface area contributed by atoms with E-state index in [4.69, 9.17) is 10.00 Å². The number of rotatable bonds is 3. The molecule has 0 bridgehead atoms. The van der Waals surface area contributed by atoms with Gasteiger partial charge in [0.25, 0.3) is 11.8 Å². The first-order chi connectivity index (χ1) is 12.7. The number of amides is 1. The van der Waals surface area contributed by atoms with Gasteiger partial charge in [-0.2, -0.15) is 5.26 Å². The second kappa shape index (κ2) is 6.84. The molecule has 1 aliphatic rings. The molecule has 4 rings (SSSR count). The number of nitrogens with zero attached hydrogens (tertiary/aromatic N) is 5. The smallest absolute Gasteiger partial charge is 0.255 e. The highest BCUT2D eigenvalue weighted by molar-refractivity contribution is 5.95. The maximum Gasteiger partial charge on any atom is 0.255 e. The molecule has 130 valence electrons. The number of fused-ring (bicyclic) bond motifs is 1. The first-order valence-corrected chi connectivity index (χ1v) is 8.48. The zero-order valence-electron chi connectivity index (χ0n) is 14.1. The normalized spacial score (nSPS) is 17.0. The van der Waals surface area contributed by atoms with Crippen molar-refractivity contribution in [2.75, 3.05) is 13.1 Å². The fourth-order valence-electron chi connectivity index (χ4n) is 3.22. The molecule has 0 saturated carbocycles. The molecule has 3 aromatic heterocycles. The molecule has 0 spiro atoms. The molecule has 0 aliphatic carbocycles. The Morgan fingerprint density at radius 3 is 3.04 bits per heavy atom. The van der Waals surface area contributed by atoms with Crippen molar-refractivity contribution in [3.05, 3.63) is 60.3 Å². The molecular formula is C19H17N5O2. The van der Waals surface area contributed by atoms with E-state index in [-0.39, 0.29) is 23.6 Å². The zero-order valence-corrected chi connectivity index (χ0v) is 14.1. The molecule has 0 aromatic carbocycles. The van der Waals surface area contributed by atoms with Gasteiger partial charge in [-0.15, -0.1) is 0 Å². The molecule has 1 aliphatic heterocycles. The Morgan fingerprint density at radius 2 is 2.19 bits per heavy atom. The van der Waals surface area contributed by atoms with Crippen molar-refractivity contribution < 1.29 is 9.53 Å². The lowest BCUT2D eigenvalue weighted by Crippen LogP contribution is -2.44. The van der Waals surface area contributed by atoms with Gasteiger partial charge in [-0.3, -0.25) is 4.79 Å². The van der Waals surface area contributed by atoms with Gasteiger partial charge in [0.05, 0.1) is 12.1 Å². The minimum Gasteiger partial charge on any atom is -0.470 e. The standard InChI is InChI=1S/C19H17N5O2/c20-11-17-18(22-7-6-21-17)26-16-5-3-9-24(13-16)19(25)14-10-15-4-1-2-8-23(15)12-14/h1-2,4,6-8,10,12,16H,3,5,9,13H2/t16-/m0/s1. The van der Waals surface area contributed by atoms with Gasteiger partial charge >= 0.3 is 0 Å². The highest BCUT2D eigenvalue weighted by Gasteiger charge is 2.27. The number of aromatic nitrogens is 3. The van der Waals surface area contributed by atoms with Gasteiger partial charge in [0, 0.05) is 36.8 Å². The summed E-state index contributed by atoms with van der Waals surface area (Å²) in [5.41, 5.74) is 1.81. The summed E-state index contributed by atoms with van der Waals surface area (Å²) in [6.07, 6.45) is 8.17. The largest absolute Gasteiger partial charge is 0.470 e. The number of carbonyl (C=O) groups is 1. The molecule has 7 nitrogen and oxygen atoms in total. The molecule has 0 unspecified atom stereocenters. The number of nitriles is 1. The predicted molar refractivity (Wildman–Crippen MR) is 93.7 cm³/mol. The van der Waals surface area contributed by atoms with E-state index in [9.17, 15) is 4.79 Å². The molecule has 26 heavy (non-hydrogen) atoms. The summed E-state index contributed by atoms with van der Waals surface area (Å²) < 4.78 is 7.79. The van der Waals surface area contributed by atoms with Crippen molar-refractivity contribution >= 4 is 11.4 Å². The summed E-state index contributed by atoms with van der Waals surface area (Å²) in [7, 11) is 0. The Morgan fingerprint density at radius 1 is 1.31 bits per heavy atom. The van der Waals surface area contributed by atoms with E-state index in [0.717, 1.165) is 18.4 Å². The fraction of sp³-hybridized carbons (Fsp3) is 0.263. The molecule has 4 heterocycles. The molecule has 7 heteroatoms. The molecular weight excluding hydrogens is 330 g/mol. The molecule has 1 amide bonds. The molecule has 0 N–H and O–H groups in total. The second-order valence-electron chi connectivity index (χ2n) is 6.22. The van der Waals surface area contributed by atoms with Crippen molar-refractivity contribution in [2.24, 2.45) is 0 Å². The van der Waals surface area contributed by atoms with E-state index in [1.807, 2.05) is 47.1 Å². The van der Waals surface area contributed by atoms with Crippen LogP contribution in [0.2, 0.25) is 0 Å². The van der Waals surface area contributed by atoms with Crippen molar-refractivity contribution in [3.8, 4) is 11.9 Å². The van der Waals surface area contributed by atoms with Crippen LogP contribution in [-0.2, 0) is 0 Å². The second-order valence-corrected chi connectivity index (χ2v) is 6.22. The van der Waals surface area contributed by atoms with Gasteiger partial charge in [0.15, 0.2) is 0 Å². The summed E-state index contributed by atoms with van der Waals surface area (Å²) in [4.78, 5) is 22.7. The van der Waals surface area contributed by atoms with Crippen molar-refractivity contribution in [2.45, 2.75) is 18.9 Å². The zero-order chi connectivity index (χ0) is 17.9. The number of piperidine rings is 1. The van der Waals surface area contributed by atoms with Gasteiger partial charge in [-0.1, -0.05) is 6.07 Å². The van der Waals surface area contributed by atoms with E-state index < -0.39 is 0 Å². The van der Waals surface area contributed by atoms with Crippen LogP contribution in [0.1, 0.15) is 28.9 Å². The van der Waals surface area contributed by atoms with Crippen LogP contribution in [0.3, 0.4) is 0 Å². The van der Waals surface area contributed by atoms with E-state index in [1.165, 1.54) is 12.4 Å². The lowest BCUT2D eigenvalue weighted by atomic mass is 10.1. The van der Waals surface area contributed by atoms with Crippen molar-refractivity contribution in [1.29, 1.82) is 5.26 Å². The van der Waals surface area contributed by atoms with E-state index >= 15 is 0 Å². The van der Waals surface area contributed by atoms with E-state index in [0.29, 0.717) is 18.7 Å². The molecule has 1 fully saturated rings. The Labute approximate surface area is 150 Å². The van der Waals surface area contributed by atoms with Gasteiger partial charge in [-0.25, -0.2) is 9.97 Å². The molecule has 1 saturated heterocycles. The summed E-state index contributed by atoms with van der Waals surface area (Å²) in [5.74, 6) is 0.213. The van der Waals surface area contributed by atoms with Crippen LogP contribution >= 0.6 is 0 Å².